The summed E-state index contributed by atoms with van der Waals surface area (Å²) < 4.78 is 27.4. The fourth-order valence-corrected chi connectivity index (χ4v) is 4.21. The van der Waals surface area contributed by atoms with Gasteiger partial charge in [-0.3, -0.25) is 0 Å². The second-order valence-corrected chi connectivity index (χ2v) is 7.33. The van der Waals surface area contributed by atoms with Crippen LogP contribution in [0.5, 0.6) is 0 Å². The zero-order valence-electron chi connectivity index (χ0n) is 11.5. The summed E-state index contributed by atoms with van der Waals surface area (Å²) in [5.74, 6) is 0. The molecule has 0 radical (unpaired) electrons. The van der Waals surface area contributed by atoms with Crippen molar-refractivity contribution < 1.29 is 8.42 Å². The number of nitrogens with two attached hydrogens (primary N) is 1. The van der Waals surface area contributed by atoms with Crippen LogP contribution >= 0.6 is 11.3 Å². The van der Waals surface area contributed by atoms with E-state index in [4.69, 9.17) is 5.73 Å². The average Bonchev–Trinajstić information content (AvgIpc) is 2.82. The van der Waals surface area contributed by atoms with Crippen molar-refractivity contribution in [3.05, 3.63) is 51.2 Å². The molecule has 0 aliphatic heterocycles. The van der Waals surface area contributed by atoms with Crippen LogP contribution in [0.2, 0.25) is 0 Å². The lowest BCUT2D eigenvalue weighted by Crippen LogP contribution is -2.24. The summed E-state index contributed by atoms with van der Waals surface area (Å²) in [5.41, 5.74) is 8.28. The molecule has 20 heavy (non-hydrogen) atoms. The van der Waals surface area contributed by atoms with E-state index in [9.17, 15) is 8.42 Å². The molecule has 6 heteroatoms. The first-order chi connectivity index (χ1) is 9.45. The Morgan fingerprint density at radius 3 is 2.60 bits per heavy atom. The first-order valence-electron chi connectivity index (χ1n) is 6.27. The monoisotopic (exact) mass is 310 g/mol. The van der Waals surface area contributed by atoms with Gasteiger partial charge in [0.15, 0.2) is 0 Å². The highest BCUT2D eigenvalue weighted by atomic mass is 32.2. The zero-order chi connectivity index (χ0) is 14.8. The molecule has 4 nitrogen and oxygen atoms in total. The zero-order valence-corrected chi connectivity index (χ0v) is 13.1. The first-order valence-corrected chi connectivity index (χ1v) is 8.63. The van der Waals surface area contributed by atoms with Crippen molar-refractivity contribution in [3.8, 4) is 0 Å². The molecule has 0 aliphatic carbocycles. The Bertz CT molecular complexity index is 706. The van der Waals surface area contributed by atoms with E-state index >= 15 is 0 Å². The SMILES string of the molecule is Cc1ccsc1CNS(=O)(=O)c1cccc(CN)c1C. The standard InChI is InChI=1S/C14H18N2O2S2/c1-10-6-7-19-13(10)9-16-20(17,18)14-5-3-4-12(8-15)11(14)2/h3-7,16H,8-9,15H2,1-2H3. The van der Waals surface area contributed by atoms with Crippen LogP contribution in [-0.4, -0.2) is 8.42 Å². The van der Waals surface area contributed by atoms with Gasteiger partial charge in [0, 0.05) is 18.0 Å². The van der Waals surface area contributed by atoms with Crippen LogP contribution in [-0.2, 0) is 23.1 Å². The van der Waals surface area contributed by atoms with Gasteiger partial charge in [-0.15, -0.1) is 11.3 Å². The fourth-order valence-electron chi connectivity index (χ4n) is 2.00. The molecule has 2 rings (SSSR count). The normalized spacial score (nSPS) is 11.8. The number of rotatable bonds is 5. The highest BCUT2D eigenvalue weighted by Gasteiger charge is 2.18. The third kappa shape index (κ3) is 3.09. The molecule has 0 aliphatic rings. The van der Waals surface area contributed by atoms with E-state index in [0.717, 1.165) is 16.0 Å². The molecule has 0 amide bonds. The van der Waals surface area contributed by atoms with Crippen molar-refractivity contribution in [3.63, 3.8) is 0 Å². The maximum absolute atomic E-state index is 12.4. The minimum atomic E-state index is -3.52. The lowest BCUT2D eigenvalue weighted by molar-refractivity contribution is 0.581. The van der Waals surface area contributed by atoms with Crippen LogP contribution in [0.25, 0.3) is 0 Å². The van der Waals surface area contributed by atoms with E-state index in [1.807, 2.05) is 24.4 Å². The molecular formula is C14H18N2O2S2. The average molecular weight is 310 g/mol. The predicted molar refractivity (Wildman–Crippen MR) is 82.2 cm³/mol. The third-order valence-corrected chi connectivity index (χ3v) is 5.87. The predicted octanol–water partition coefficient (Wildman–Crippen LogP) is 2.30. The molecule has 0 unspecified atom stereocenters. The summed E-state index contributed by atoms with van der Waals surface area (Å²) in [6, 6.07) is 7.16. The van der Waals surface area contributed by atoms with Gasteiger partial charge in [0.2, 0.25) is 10.0 Å². The Morgan fingerprint density at radius 1 is 1.25 bits per heavy atom. The van der Waals surface area contributed by atoms with E-state index in [2.05, 4.69) is 4.72 Å². The number of nitrogens with one attached hydrogen (secondary N) is 1. The van der Waals surface area contributed by atoms with Crippen molar-refractivity contribution in [2.75, 3.05) is 0 Å². The van der Waals surface area contributed by atoms with Crippen molar-refractivity contribution in [2.45, 2.75) is 31.8 Å². The van der Waals surface area contributed by atoms with Crippen LogP contribution in [0.4, 0.5) is 0 Å². The number of thiophene rings is 1. The van der Waals surface area contributed by atoms with Gasteiger partial charge in [-0.25, -0.2) is 13.1 Å². The molecule has 3 N–H and O–H groups in total. The lowest BCUT2D eigenvalue weighted by Gasteiger charge is -2.11. The molecule has 1 aromatic carbocycles. The second kappa shape index (κ2) is 6.05. The summed E-state index contributed by atoms with van der Waals surface area (Å²) in [5, 5.41) is 1.96. The number of hydrogen-bond acceptors (Lipinski definition) is 4. The van der Waals surface area contributed by atoms with Crippen LogP contribution in [0, 0.1) is 13.8 Å². The van der Waals surface area contributed by atoms with Gasteiger partial charge in [-0.05, 0) is 48.1 Å². The highest BCUT2D eigenvalue weighted by molar-refractivity contribution is 7.89. The quantitative estimate of drug-likeness (QED) is 0.890. The van der Waals surface area contributed by atoms with E-state index in [0.29, 0.717) is 23.5 Å². The van der Waals surface area contributed by atoms with Crippen molar-refractivity contribution >= 4 is 21.4 Å². The molecule has 0 fully saturated rings. The second-order valence-electron chi connectivity index (χ2n) is 4.60. The highest BCUT2D eigenvalue weighted by Crippen LogP contribution is 2.20. The molecule has 0 saturated carbocycles. The van der Waals surface area contributed by atoms with Crippen molar-refractivity contribution in [1.82, 2.24) is 4.72 Å². The Morgan fingerprint density at radius 2 is 2.00 bits per heavy atom. The van der Waals surface area contributed by atoms with Crippen LogP contribution < -0.4 is 10.5 Å². The smallest absolute Gasteiger partial charge is 0.241 e. The minimum absolute atomic E-state index is 0.301. The Labute approximate surface area is 123 Å². The van der Waals surface area contributed by atoms with Crippen LogP contribution in [0.1, 0.15) is 21.6 Å². The van der Waals surface area contributed by atoms with E-state index < -0.39 is 10.0 Å². The Balaban J connectivity index is 2.25. The number of benzene rings is 1. The van der Waals surface area contributed by atoms with Crippen LogP contribution in [0.3, 0.4) is 0 Å². The molecule has 1 aromatic heterocycles. The summed E-state index contributed by atoms with van der Waals surface area (Å²) in [4.78, 5) is 1.33. The molecule has 0 bridgehead atoms. The molecular weight excluding hydrogens is 292 g/mol. The van der Waals surface area contributed by atoms with Gasteiger partial charge in [0.25, 0.3) is 0 Å². The maximum atomic E-state index is 12.4. The van der Waals surface area contributed by atoms with Gasteiger partial charge in [0.05, 0.1) is 4.90 Å². The number of sulfonamides is 1. The van der Waals surface area contributed by atoms with E-state index in [1.165, 1.54) is 0 Å². The largest absolute Gasteiger partial charge is 0.326 e. The summed E-state index contributed by atoms with van der Waals surface area (Å²) in [6.07, 6.45) is 0. The fraction of sp³-hybridized carbons (Fsp3) is 0.286. The topological polar surface area (TPSA) is 72.2 Å². The molecule has 2 aromatic rings. The van der Waals surface area contributed by atoms with Crippen molar-refractivity contribution in [1.29, 1.82) is 0 Å². The molecule has 0 spiro atoms. The Hall–Kier alpha value is -1.21. The summed E-state index contributed by atoms with van der Waals surface area (Å²) >= 11 is 1.55. The third-order valence-electron chi connectivity index (χ3n) is 3.30. The number of hydrogen-bond donors (Lipinski definition) is 2. The van der Waals surface area contributed by atoms with Gasteiger partial charge in [0.1, 0.15) is 0 Å². The van der Waals surface area contributed by atoms with Crippen LogP contribution in [0.15, 0.2) is 34.5 Å². The molecule has 108 valence electrons. The minimum Gasteiger partial charge on any atom is -0.326 e. The van der Waals surface area contributed by atoms with Gasteiger partial charge in [-0.1, -0.05) is 12.1 Å². The maximum Gasteiger partial charge on any atom is 0.241 e. The van der Waals surface area contributed by atoms with Gasteiger partial charge in [-0.2, -0.15) is 0 Å². The summed E-state index contributed by atoms with van der Waals surface area (Å²) in [7, 11) is -3.52. The molecule has 1 heterocycles. The Kier molecular flexibility index (Phi) is 4.59. The first kappa shape index (κ1) is 15.2. The number of aryl methyl sites for hydroxylation is 1. The van der Waals surface area contributed by atoms with E-state index in [-0.39, 0.29) is 0 Å². The molecule has 0 saturated heterocycles. The van der Waals surface area contributed by atoms with E-state index in [1.54, 1.807) is 30.4 Å². The van der Waals surface area contributed by atoms with Gasteiger partial charge >= 0.3 is 0 Å². The molecule has 0 atom stereocenters. The van der Waals surface area contributed by atoms with Crippen molar-refractivity contribution in [2.24, 2.45) is 5.73 Å². The summed E-state index contributed by atoms with van der Waals surface area (Å²) in [6.45, 7) is 4.41. The van der Waals surface area contributed by atoms with Gasteiger partial charge < -0.3 is 5.73 Å². The lowest BCUT2D eigenvalue weighted by atomic mass is 10.1.